The van der Waals surface area contributed by atoms with Crippen LogP contribution in [0.25, 0.3) is 0 Å². The van der Waals surface area contributed by atoms with Gasteiger partial charge in [0.2, 0.25) is 5.75 Å². The molecule has 108 valence electrons. The van der Waals surface area contributed by atoms with Crippen LogP contribution >= 0.6 is 0 Å². The minimum atomic E-state index is -0.693. The number of nitrogens with zero attached hydrogens (tertiary/aromatic N) is 1. The van der Waals surface area contributed by atoms with Gasteiger partial charge in [-0.15, -0.1) is 0 Å². The quantitative estimate of drug-likeness (QED) is 0.787. The predicted octanol–water partition coefficient (Wildman–Crippen LogP) is 2.02. The Bertz CT molecular complexity index is 522. The van der Waals surface area contributed by atoms with Gasteiger partial charge in [-0.25, -0.2) is 4.79 Å². The molecule has 3 rings (SSSR count). The van der Waals surface area contributed by atoms with Gasteiger partial charge in [-0.3, -0.25) is 0 Å². The summed E-state index contributed by atoms with van der Waals surface area (Å²) in [6.07, 6.45) is 0.882. The molecule has 20 heavy (non-hydrogen) atoms. The second kappa shape index (κ2) is 4.77. The Morgan fingerprint density at radius 2 is 2.00 bits per heavy atom. The molecule has 6 nitrogen and oxygen atoms in total. The third kappa shape index (κ3) is 2.01. The Morgan fingerprint density at radius 3 is 2.65 bits per heavy atom. The number of piperidine rings is 1. The highest BCUT2D eigenvalue weighted by molar-refractivity contribution is 5.67. The number of benzene rings is 1. The molecule has 0 aromatic heterocycles. The van der Waals surface area contributed by atoms with Gasteiger partial charge in [0.25, 0.3) is 5.79 Å². The van der Waals surface area contributed by atoms with E-state index in [9.17, 15) is 4.79 Å². The monoisotopic (exact) mass is 279 g/mol. The molecule has 1 saturated heterocycles. The van der Waals surface area contributed by atoms with Crippen molar-refractivity contribution in [1.82, 2.24) is 4.90 Å². The van der Waals surface area contributed by atoms with E-state index in [0.717, 1.165) is 0 Å². The van der Waals surface area contributed by atoms with Gasteiger partial charge in [0.05, 0.1) is 14.2 Å². The summed E-state index contributed by atoms with van der Waals surface area (Å²) >= 11 is 0. The van der Waals surface area contributed by atoms with E-state index in [1.54, 1.807) is 12.0 Å². The van der Waals surface area contributed by atoms with Crippen LogP contribution in [0.15, 0.2) is 18.2 Å². The summed E-state index contributed by atoms with van der Waals surface area (Å²) in [5.74, 6) is 1.30. The highest BCUT2D eigenvalue weighted by atomic mass is 16.7. The third-order valence-corrected chi connectivity index (χ3v) is 3.70. The lowest BCUT2D eigenvalue weighted by Gasteiger charge is -2.36. The Balaban J connectivity index is 1.74. The summed E-state index contributed by atoms with van der Waals surface area (Å²) in [4.78, 5) is 13.1. The number of likely N-dealkylation sites (tertiary alicyclic amines) is 1. The van der Waals surface area contributed by atoms with Gasteiger partial charge in [0, 0.05) is 25.9 Å². The maximum Gasteiger partial charge on any atom is 0.409 e. The van der Waals surface area contributed by atoms with E-state index in [1.165, 1.54) is 7.11 Å². The van der Waals surface area contributed by atoms with Crippen molar-refractivity contribution in [2.45, 2.75) is 18.6 Å². The molecule has 0 atom stereocenters. The van der Waals surface area contributed by atoms with Gasteiger partial charge in [0.15, 0.2) is 11.5 Å². The average molecular weight is 279 g/mol. The summed E-state index contributed by atoms with van der Waals surface area (Å²) in [5, 5.41) is 0. The Kier molecular flexibility index (Phi) is 3.08. The molecule has 1 amide bonds. The average Bonchev–Trinajstić information content (AvgIpc) is 2.84. The van der Waals surface area contributed by atoms with Gasteiger partial charge in [-0.1, -0.05) is 6.07 Å². The summed E-state index contributed by atoms with van der Waals surface area (Å²) < 4.78 is 22.0. The Morgan fingerprint density at radius 1 is 1.25 bits per heavy atom. The molecule has 0 aliphatic carbocycles. The molecule has 0 radical (unpaired) electrons. The minimum Gasteiger partial charge on any atom is -0.493 e. The lowest BCUT2D eigenvalue weighted by Crippen LogP contribution is -2.51. The van der Waals surface area contributed by atoms with Crippen LogP contribution in [0.3, 0.4) is 0 Å². The molecular formula is C14H17NO5. The molecule has 1 aromatic carbocycles. The topological polar surface area (TPSA) is 57.2 Å². The van der Waals surface area contributed by atoms with E-state index in [2.05, 4.69) is 0 Å². The van der Waals surface area contributed by atoms with Crippen LogP contribution in [0.4, 0.5) is 4.79 Å². The smallest absolute Gasteiger partial charge is 0.409 e. The van der Waals surface area contributed by atoms with Gasteiger partial charge in [-0.05, 0) is 12.1 Å². The summed E-state index contributed by atoms with van der Waals surface area (Å²) in [5.41, 5.74) is 0. The van der Waals surface area contributed by atoms with Crippen LogP contribution in [-0.4, -0.2) is 44.1 Å². The standard InChI is InChI=1S/C14H17NO5/c1-17-10-4-3-5-11-12(10)20-14(19-11)6-8-15(9-7-14)13(16)18-2/h3-5H,6-9H2,1-2H3. The van der Waals surface area contributed by atoms with Crippen LogP contribution < -0.4 is 14.2 Å². The third-order valence-electron chi connectivity index (χ3n) is 3.70. The molecule has 1 fully saturated rings. The van der Waals surface area contributed by atoms with Crippen molar-refractivity contribution in [3.63, 3.8) is 0 Å². The van der Waals surface area contributed by atoms with Gasteiger partial charge in [0.1, 0.15) is 0 Å². The molecule has 1 spiro atoms. The highest BCUT2D eigenvalue weighted by Gasteiger charge is 2.46. The molecule has 6 heteroatoms. The van der Waals surface area contributed by atoms with Crippen LogP contribution in [0.1, 0.15) is 12.8 Å². The van der Waals surface area contributed by atoms with E-state index in [4.69, 9.17) is 18.9 Å². The number of carbonyl (C=O) groups excluding carboxylic acids is 1. The highest BCUT2D eigenvalue weighted by Crippen LogP contribution is 2.48. The first-order valence-corrected chi connectivity index (χ1v) is 6.55. The van der Waals surface area contributed by atoms with Gasteiger partial charge < -0.3 is 23.8 Å². The first-order valence-electron chi connectivity index (χ1n) is 6.55. The van der Waals surface area contributed by atoms with Crippen molar-refractivity contribution < 1.29 is 23.7 Å². The first kappa shape index (κ1) is 12.9. The zero-order valence-corrected chi connectivity index (χ0v) is 11.5. The molecule has 1 aromatic rings. The van der Waals surface area contributed by atoms with E-state index >= 15 is 0 Å². The Hall–Kier alpha value is -2.11. The van der Waals surface area contributed by atoms with Crippen molar-refractivity contribution in [3.8, 4) is 17.2 Å². The molecule has 0 unspecified atom stereocenters. The minimum absolute atomic E-state index is 0.312. The largest absolute Gasteiger partial charge is 0.493 e. The van der Waals surface area contributed by atoms with Gasteiger partial charge in [-0.2, -0.15) is 0 Å². The van der Waals surface area contributed by atoms with Crippen molar-refractivity contribution in [3.05, 3.63) is 18.2 Å². The summed E-state index contributed by atoms with van der Waals surface area (Å²) in [7, 11) is 2.99. The molecule has 2 aliphatic heterocycles. The Labute approximate surface area is 117 Å². The molecule has 0 N–H and O–H groups in total. The van der Waals surface area contributed by atoms with Gasteiger partial charge >= 0.3 is 6.09 Å². The van der Waals surface area contributed by atoms with Crippen LogP contribution in [-0.2, 0) is 4.74 Å². The first-order chi connectivity index (χ1) is 9.67. The fourth-order valence-corrected chi connectivity index (χ4v) is 2.61. The number of hydrogen-bond acceptors (Lipinski definition) is 5. The lowest BCUT2D eigenvalue weighted by molar-refractivity contribution is -0.115. The number of hydrogen-bond donors (Lipinski definition) is 0. The number of fused-ring (bicyclic) bond motifs is 1. The maximum absolute atomic E-state index is 11.5. The lowest BCUT2D eigenvalue weighted by atomic mass is 10.0. The molecule has 2 heterocycles. The summed E-state index contributed by atoms with van der Waals surface area (Å²) in [6, 6.07) is 5.56. The number of ether oxygens (including phenoxy) is 4. The number of amides is 1. The van der Waals surface area contributed by atoms with Crippen LogP contribution in [0.5, 0.6) is 17.2 Å². The molecule has 0 saturated carbocycles. The fraction of sp³-hybridized carbons (Fsp3) is 0.500. The second-order valence-electron chi connectivity index (χ2n) is 4.86. The molecule has 2 aliphatic rings. The van der Waals surface area contributed by atoms with Crippen molar-refractivity contribution >= 4 is 6.09 Å². The van der Waals surface area contributed by atoms with Crippen molar-refractivity contribution in [1.29, 1.82) is 0 Å². The summed E-state index contributed by atoms with van der Waals surface area (Å²) in [6.45, 7) is 1.09. The normalized spacial score (nSPS) is 19.0. The second-order valence-corrected chi connectivity index (χ2v) is 4.86. The number of para-hydroxylation sites is 1. The van der Waals surface area contributed by atoms with E-state index in [1.807, 2.05) is 18.2 Å². The van der Waals surface area contributed by atoms with Crippen molar-refractivity contribution in [2.24, 2.45) is 0 Å². The molecule has 0 bridgehead atoms. The maximum atomic E-state index is 11.5. The number of rotatable bonds is 1. The van der Waals surface area contributed by atoms with E-state index < -0.39 is 5.79 Å². The number of carbonyl (C=O) groups is 1. The number of methoxy groups -OCH3 is 2. The van der Waals surface area contributed by atoms with E-state index in [0.29, 0.717) is 43.2 Å². The van der Waals surface area contributed by atoms with Crippen molar-refractivity contribution in [2.75, 3.05) is 27.3 Å². The zero-order chi connectivity index (χ0) is 14.2. The van der Waals surface area contributed by atoms with Crippen LogP contribution in [0, 0.1) is 0 Å². The van der Waals surface area contributed by atoms with Crippen LogP contribution in [0.2, 0.25) is 0 Å². The zero-order valence-electron chi connectivity index (χ0n) is 11.5. The van der Waals surface area contributed by atoms with E-state index in [-0.39, 0.29) is 6.09 Å². The predicted molar refractivity (Wildman–Crippen MR) is 70.2 cm³/mol. The fourth-order valence-electron chi connectivity index (χ4n) is 2.61. The molecular weight excluding hydrogens is 262 g/mol. The SMILES string of the molecule is COC(=O)N1CCC2(CC1)Oc1cccc(OC)c1O2.